The van der Waals surface area contributed by atoms with Gasteiger partial charge in [-0.05, 0) is 0 Å². The highest BCUT2D eigenvalue weighted by molar-refractivity contribution is 5.76. The van der Waals surface area contributed by atoms with Crippen molar-refractivity contribution in [2.75, 3.05) is 6.61 Å². The average Bonchev–Trinajstić information content (AvgIpc) is 2.08. The second-order valence-electron chi connectivity index (χ2n) is 2.25. The number of carbonyl (C=O) groups is 1. The fraction of sp³-hybridized carbons (Fsp3) is 0.800. The molecule has 6 heteroatoms. The van der Waals surface area contributed by atoms with Crippen LogP contribution in [-0.2, 0) is 14.3 Å². The Morgan fingerprint density at radius 2 is 2.09 bits per heavy atom. The van der Waals surface area contributed by atoms with E-state index in [9.17, 15) is 18.0 Å². The molecule has 1 atom stereocenters. The lowest BCUT2D eigenvalue weighted by Gasteiger charge is -2.15. The molecule has 1 rings (SSSR count). The van der Waals surface area contributed by atoms with Crippen LogP contribution in [0.15, 0.2) is 0 Å². The van der Waals surface area contributed by atoms with Crippen molar-refractivity contribution in [2.45, 2.75) is 18.8 Å². The summed E-state index contributed by atoms with van der Waals surface area (Å²) in [7, 11) is 0. The molecule has 0 radical (unpaired) electrons. The van der Waals surface area contributed by atoms with Gasteiger partial charge in [-0.3, -0.25) is 9.53 Å². The number of carbonyl (C=O) groups excluding carboxylic acids is 1. The largest absolute Gasteiger partial charge is 0.381 e. The molecule has 0 bridgehead atoms. The minimum Gasteiger partial charge on any atom is -0.332 e. The Bertz CT molecular complexity index is 193. The molecule has 0 aromatic heterocycles. The van der Waals surface area contributed by atoms with Crippen molar-refractivity contribution in [1.82, 2.24) is 0 Å². The van der Waals surface area contributed by atoms with Gasteiger partial charge in [0, 0.05) is 6.92 Å². The zero-order valence-corrected chi connectivity index (χ0v) is 5.57. The summed E-state index contributed by atoms with van der Waals surface area (Å²) in [6.07, 6.45) is -3.57. The zero-order chi connectivity index (χ0) is 8.70. The maximum Gasteiger partial charge on any atom is 0.381 e. The highest BCUT2D eigenvalue weighted by atomic mass is 19.3. The van der Waals surface area contributed by atoms with Gasteiger partial charge in [0.25, 0.3) is 5.79 Å². The van der Waals surface area contributed by atoms with E-state index in [2.05, 4.69) is 9.47 Å². The Hall–Kier alpha value is -0.620. The van der Waals surface area contributed by atoms with Crippen LogP contribution in [0.1, 0.15) is 6.92 Å². The van der Waals surface area contributed by atoms with Crippen LogP contribution in [0.3, 0.4) is 0 Å². The van der Waals surface area contributed by atoms with Gasteiger partial charge >= 0.3 is 12.1 Å². The predicted molar refractivity (Wildman–Crippen MR) is 26.5 cm³/mol. The standard InChI is InChI=1S/C5H5F3O3/c1-4(3(6)9)10-2-5(7,8)11-4/h2H2,1H3. The van der Waals surface area contributed by atoms with Crippen LogP contribution >= 0.6 is 0 Å². The lowest BCUT2D eigenvalue weighted by atomic mass is 10.3. The summed E-state index contributed by atoms with van der Waals surface area (Å²) in [5.74, 6) is -2.43. The van der Waals surface area contributed by atoms with Gasteiger partial charge < -0.3 is 4.74 Å². The van der Waals surface area contributed by atoms with Gasteiger partial charge in [0.05, 0.1) is 0 Å². The second-order valence-corrected chi connectivity index (χ2v) is 2.25. The number of halogens is 3. The molecule has 0 amide bonds. The molecule has 0 N–H and O–H groups in total. The summed E-state index contributed by atoms with van der Waals surface area (Å²) < 4.78 is 44.0. The van der Waals surface area contributed by atoms with E-state index in [1.807, 2.05) is 0 Å². The minimum absolute atomic E-state index is 0.802. The Balaban J connectivity index is 2.73. The molecule has 1 fully saturated rings. The molecule has 0 aromatic rings. The van der Waals surface area contributed by atoms with Crippen LogP contribution < -0.4 is 0 Å². The van der Waals surface area contributed by atoms with Crippen LogP contribution in [0.5, 0.6) is 0 Å². The van der Waals surface area contributed by atoms with Crippen molar-refractivity contribution in [3.63, 3.8) is 0 Å². The van der Waals surface area contributed by atoms with Gasteiger partial charge in [0.1, 0.15) is 6.61 Å². The third-order valence-corrected chi connectivity index (χ3v) is 1.22. The fourth-order valence-electron chi connectivity index (χ4n) is 0.662. The summed E-state index contributed by atoms with van der Waals surface area (Å²) in [5.41, 5.74) is 0. The van der Waals surface area contributed by atoms with Crippen molar-refractivity contribution in [2.24, 2.45) is 0 Å². The zero-order valence-electron chi connectivity index (χ0n) is 5.57. The van der Waals surface area contributed by atoms with E-state index in [0.717, 1.165) is 6.92 Å². The smallest absolute Gasteiger partial charge is 0.332 e. The molecule has 0 aliphatic carbocycles. The second kappa shape index (κ2) is 2.18. The van der Waals surface area contributed by atoms with Gasteiger partial charge in [-0.1, -0.05) is 0 Å². The fourth-order valence-corrected chi connectivity index (χ4v) is 0.662. The van der Waals surface area contributed by atoms with Gasteiger partial charge in [-0.15, -0.1) is 0 Å². The Kier molecular flexibility index (Phi) is 1.68. The van der Waals surface area contributed by atoms with E-state index in [1.54, 1.807) is 0 Å². The maximum absolute atomic E-state index is 12.1. The first-order chi connectivity index (χ1) is 4.86. The molecule has 64 valence electrons. The molecule has 1 aliphatic heterocycles. The molecule has 0 aromatic carbocycles. The van der Waals surface area contributed by atoms with E-state index < -0.39 is 24.5 Å². The minimum atomic E-state index is -3.57. The Labute approximate surface area is 60.1 Å². The van der Waals surface area contributed by atoms with Crippen LogP contribution in [0, 0.1) is 0 Å². The van der Waals surface area contributed by atoms with Gasteiger partial charge in [-0.2, -0.15) is 13.2 Å². The summed E-state index contributed by atoms with van der Waals surface area (Å²) in [5, 5.41) is 0. The summed E-state index contributed by atoms with van der Waals surface area (Å²) >= 11 is 0. The Morgan fingerprint density at radius 3 is 2.27 bits per heavy atom. The number of ether oxygens (including phenoxy) is 2. The molecule has 1 saturated heterocycles. The van der Waals surface area contributed by atoms with Crippen LogP contribution in [0.2, 0.25) is 0 Å². The average molecular weight is 170 g/mol. The number of hydrogen-bond acceptors (Lipinski definition) is 3. The van der Waals surface area contributed by atoms with E-state index >= 15 is 0 Å². The molecule has 0 saturated carbocycles. The predicted octanol–water partition coefficient (Wildman–Crippen LogP) is 0.838. The molecular formula is C5H5F3O3. The van der Waals surface area contributed by atoms with Gasteiger partial charge in [0.2, 0.25) is 0 Å². The van der Waals surface area contributed by atoms with Crippen molar-refractivity contribution in [1.29, 1.82) is 0 Å². The monoisotopic (exact) mass is 170 g/mol. The molecule has 3 nitrogen and oxygen atoms in total. The SMILES string of the molecule is CC1(C(=O)F)OCC(F)(F)O1. The Morgan fingerprint density at radius 1 is 1.55 bits per heavy atom. The van der Waals surface area contributed by atoms with Crippen LogP contribution in [0.25, 0.3) is 0 Å². The first-order valence-electron chi connectivity index (χ1n) is 2.78. The molecule has 1 aliphatic rings. The number of hydrogen-bond donors (Lipinski definition) is 0. The molecule has 1 unspecified atom stereocenters. The summed E-state index contributed by atoms with van der Waals surface area (Å²) in [6, 6.07) is -2.06. The van der Waals surface area contributed by atoms with E-state index in [-0.39, 0.29) is 0 Å². The molecule has 11 heavy (non-hydrogen) atoms. The third kappa shape index (κ3) is 1.51. The van der Waals surface area contributed by atoms with Crippen molar-refractivity contribution < 1.29 is 27.4 Å². The first-order valence-corrected chi connectivity index (χ1v) is 2.78. The van der Waals surface area contributed by atoms with Crippen LogP contribution in [0.4, 0.5) is 13.2 Å². The van der Waals surface area contributed by atoms with Crippen LogP contribution in [-0.4, -0.2) is 24.5 Å². The quantitative estimate of drug-likeness (QED) is 0.547. The molecule has 1 heterocycles. The topological polar surface area (TPSA) is 35.5 Å². The lowest BCUT2D eigenvalue weighted by molar-refractivity contribution is -0.257. The van der Waals surface area contributed by atoms with E-state index in [0.29, 0.717) is 0 Å². The molecule has 0 spiro atoms. The highest BCUT2D eigenvalue weighted by Crippen LogP contribution is 2.34. The summed E-state index contributed by atoms with van der Waals surface area (Å²) in [4.78, 5) is 10.0. The normalized spacial score (nSPS) is 35.6. The molecular weight excluding hydrogens is 165 g/mol. The van der Waals surface area contributed by atoms with Crippen molar-refractivity contribution >= 4 is 6.04 Å². The van der Waals surface area contributed by atoms with Crippen molar-refractivity contribution in [3.8, 4) is 0 Å². The highest BCUT2D eigenvalue weighted by Gasteiger charge is 2.54. The lowest BCUT2D eigenvalue weighted by Crippen LogP contribution is -2.35. The van der Waals surface area contributed by atoms with E-state index in [4.69, 9.17) is 0 Å². The van der Waals surface area contributed by atoms with Crippen molar-refractivity contribution in [3.05, 3.63) is 0 Å². The van der Waals surface area contributed by atoms with E-state index in [1.165, 1.54) is 0 Å². The maximum atomic E-state index is 12.1. The van der Waals surface area contributed by atoms with Gasteiger partial charge in [0.15, 0.2) is 0 Å². The third-order valence-electron chi connectivity index (χ3n) is 1.22. The number of rotatable bonds is 1. The number of alkyl halides is 2. The van der Waals surface area contributed by atoms with Gasteiger partial charge in [-0.25, -0.2) is 0 Å². The first kappa shape index (κ1) is 8.48. The summed E-state index contributed by atoms with van der Waals surface area (Å²) in [6.45, 7) is -0.296.